The summed E-state index contributed by atoms with van der Waals surface area (Å²) in [6, 6.07) is -0.235. The van der Waals surface area contributed by atoms with Gasteiger partial charge in [0.1, 0.15) is 6.10 Å². The predicted molar refractivity (Wildman–Crippen MR) is 49.7 cm³/mol. The standard InChI is InChI=1S/C10H13NO4/c1-6(12)11-7(2-4-9(11)13)8-3-5-10(14)15-8/h7-8H,2-5H2,1H3/t7-,8-/m0/s1. The van der Waals surface area contributed by atoms with Gasteiger partial charge < -0.3 is 4.74 Å². The molecule has 5 heteroatoms. The molecule has 2 aliphatic rings. The molecule has 0 N–H and O–H groups in total. The number of rotatable bonds is 1. The summed E-state index contributed by atoms with van der Waals surface area (Å²) in [5, 5.41) is 0. The summed E-state index contributed by atoms with van der Waals surface area (Å²) in [7, 11) is 0. The summed E-state index contributed by atoms with van der Waals surface area (Å²) in [6.07, 6.45) is 1.70. The quantitative estimate of drug-likeness (QED) is 0.582. The van der Waals surface area contributed by atoms with Crippen LogP contribution in [0.5, 0.6) is 0 Å². The number of imide groups is 1. The second kappa shape index (κ2) is 3.64. The van der Waals surface area contributed by atoms with E-state index in [0.717, 1.165) is 0 Å². The lowest BCUT2D eigenvalue weighted by Crippen LogP contribution is -2.43. The summed E-state index contributed by atoms with van der Waals surface area (Å²) in [5.74, 6) is -0.649. The highest BCUT2D eigenvalue weighted by molar-refractivity contribution is 5.96. The molecular formula is C10H13NO4. The third-order valence-electron chi connectivity index (χ3n) is 2.94. The molecule has 2 atom stereocenters. The van der Waals surface area contributed by atoms with Gasteiger partial charge in [-0.1, -0.05) is 0 Å². The van der Waals surface area contributed by atoms with Crippen LogP contribution in [0.15, 0.2) is 0 Å². The Hall–Kier alpha value is -1.39. The van der Waals surface area contributed by atoms with E-state index in [4.69, 9.17) is 4.74 Å². The van der Waals surface area contributed by atoms with Crippen LogP contribution in [0.1, 0.15) is 32.6 Å². The lowest BCUT2D eigenvalue weighted by atomic mass is 10.1. The van der Waals surface area contributed by atoms with Crippen LogP contribution >= 0.6 is 0 Å². The highest BCUT2D eigenvalue weighted by Gasteiger charge is 2.42. The van der Waals surface area contributed by atoms with Gasteiger partial charge >= 0.3 is 5.97 Å². The van der Waals surface area contributed by atoms with Gasteiger partial charge in [-0.25, -0.2) is 0 Å². The Morgan fingerprint density at radius 2 is 2.07 bits per heavy atom. The Morgan fingerprint density at radius 1 is 1.33 bits per heavy atom. The number of ether oxygens (including phenoxy) is 1. The van der Waals surface area contributed by atoms with Crippen molar-refractivity contribution in [3.05, 3.63) is 0 Å². The number of hydrogen-bond acceptors (Lipinski definition) is 4. The zero-order valence-electron chi connectivity index (χ0n) is 8.56. The lowest BCUT2D eigenvalue weighted by molar-refractivity contribution is -0.151. The molecule has 0 unspecified atom stereocenters. The molecule has 82 valence electrons. The summed E-state index contributed by atoms with van der Waals surface area (Å²) in [4.78, 5) is 34.9. The van der Waals surface area contributed by atoms with Crippen molar-refractivity contribution in [3.8, 4) is 0 Å². The zero-order chi connectivity index (χ0) is 11.0. The summed E-state index contributed by atoms with van der Waals surface area (Å²) < 4.78 is 5.09. The third-order valence-corrected chi connectivity index (χ3v) is 2.94. The minimum absolute atomic E-state index is 0.157. The Bertz CT molecular complexity index is 325. The largest absolute Gasteiger partial charge is 0.460 e. The first-order chi connectivity index (χ1) is 7.09. The van der Waals surface area contributed by atoms with Gasteiger partial charge in [0.05, 0.1) is 6.04 Å². The second-order valence-corrected chi connectivity index (χ2v) is 3.96. The summed E-state index contributed by atoms with van der Waals surface area (Å²) >= 11 is 0. The Labute approximate surface area is 87.4 Å². The van der Waals surface area contributed by atoms with Crippen LogP contribution < -0.4 is 0 Å². The molecule has 2 heterocycles. The fourth-order valence-corrected chi connectivity index (χ4v) is 2.28. The molecular weight excluding hydrogens is 198 g/mol. The molecule has 2 rings (SSSR count). The maximum absolute atomic E-state index is 11.4. The highest BCUT2D eigenvalue weighted by atomic mass is 16.6. The molecule has 0 aromatic rings. The third kappa shape index (κ3) is 1.73. The van der Waals surface area contributed by atoms with Gasteiger partial charge in [-0.3, -0.25) is 19.3 Å². The maximum atomic E-state index is 11.4. The van der Waals surface area contributed by atoms with Gasteiger partial charge in [0.2, 0.25) is 11.8 Å². The molecule has 5 nitrogen and oxygen atoms in total. The average molecular weight is 211 g/mol. The van der Waals surface area contributed by atoms with Crippen molar-refractivity contribution in [1.82, 2.24) is 4.90 Å². The van der Waals surface area contributed by atoms with Crippen LogP contribution in [0, 0.1) is 0 Å². The Morgan fingerprint density at radius 3 is 2.60 bits per heavy atom. The average Bonchev–Trinajstić information content (AvgIpc) is 2.71. The molecule has 0 saturated carbocycles. The summed E-state index contributed by atoms with van der Waals surface area (Å²) in [5.41, 5.74) is 0. The minimum atomic E-state index is -0.284. The van der Waals surface area contributed by atoms with E-state index < -0.39 is 0 Å². The Balaban J connectivity index is 2.11. The monoisotopic (exact) mass is 211 g/mol. The van der Waals surface area contributed by atoms with Crippen LogP contribution in [-0.2, 0) is 19.1 Å². The number of cyclic esters (lactones) is 1. The van der Waals surface area contributed by atoms with Crippen molar-refractivity contribution in [2.24, 2.45) is 0 Å². The van der Waals surface area contributed by atoms with Crippen LogP contribution in [0.25, 0.3) is 0 Å². The van der Waals surface area contributed by atoms with Crippen molar-refractivity contribution in [2.45, 2.75) is 44.8 Å². The molecule has 2 amide bonds. The fraction of sp³-hybridized carbons (Fsp3) is 0.700. The molecule has 15 heavy (non-hydrogen) atoms. The van der Waals surface area contributed by atoms with E-state index in [-0.39, 0.29) is 29.9 Å². The minimum Gasteiger partial charge on any atom is -0.460 e. The van der Waals surface area contributed by atoms with E-state index in [1.54, 1.807) is 0 Å². The molecule has 0 aromatic heterocycles. The van der Waals surface area contributed by atoms with Crippen molar-refractivity contribution in [3.63, 3.8) is 0 Å². The van der Waals surface area contributed by atoms with E-state index in [2.05, 4.69) is 0 Å². The number of nitrogens with zero attached hydrogens (tertiary/aromatic N) is 1. The van der Waals surface area contributed by atoms with E-state index in [9.17, 15) is 14.4 Å². The number of hydrogen-bond donors (Lipinski definition) is 0. The molecule has 0 aromatic carbocycles. The van der Waals surface area contributed by atoms with Crippen molar-refractivity contribution < 1.29 is 19.1 Å². The van der Waals surface area contributed by atoms with E-state index in [0.29, 0.717) is 25.7 Å². The van der Waals surface area contributed by atoms with E-state index in [1.165, 1.54) is 11.8 Å². The van der Waals surface area contributed by atoms with E-state index in [1.807, 2.05) is 0 Å². The van der Waals surface area contributed by atoms with E-state index >= 15 is 0 Å². The maximum Gasteiger partial charge on any atom is 0.306 e. The van der Waals surface area contributed by atoms with Gasteiger partial charge in [-0.15, -0.1) is 0 Å². The van der Waals surface area contributed by atoms with Crippen LogP contribution in [0.3, 0.4) is 0 Å². The predicted octanol–water partition coefficient (Wildman–Crippen LogP) is 0.230. The first-order valence-corrected chi connectivity index (χ1v) is 5.11. The van der Waals surface area contributed by atoms with Crippen molar-refractivity contribution in [1.29, 1.82) is 0 Å². The van der Waals surface area contributed by atoms with Gasteiger partial charge in [-0.2, -0.15) is 0 Å². The number of carbonyl (C=O) groups excluding carboxylic acids is 3. The smallest absolute Gasteiger partial charge is 0.306 e. The number of likely N-dealkylation sites (tertiary alicyclic amines) is 1. The first kappa shape index (κ1) is 10.1. The second-order valence-electron chi connectivity index (χ2n) is 3.96. The lowest BCUT2D eigenvalue weighted by Gasteiger charge is -2.25. The van der Waals surface area contributed by atoms with Crippen molar-refractivity contribution in [2.75, 3.05) is 0 Å². The number of carbonyl (C=O) groups is 3. The molecule has 2 fully saturated rings. The molecule has 0 bridgehead atoms. The van der Waals surface area contributed by atoms with Gasteiger partial charge in [0.15, 0.2) is 0 Å². The number of esters is 1. The fourth-order valence-electron chi connectivity index (χ4n) is 2.28. The van der Waals surface area contributed by atoms with Gasteiger partial charge in [-0.05, 0) is 12.8 Å². The molecule has 2 saturated heterocycles. The molecule has 0 aliphatic carbocycles. The summed E-state index contributed by atoms with van der Waals surface area (Å²) in [6.45, 7) is 1.37. The zero-order valence-corrected chi connectivity index (χ0v) is 8.56. The molecule has 0 radical (unpaired) electrons. The van der Waals surface area contributed by atoms with Gasteiger partial charge in [0.25, 0.3) is 0 Å². The molecule has 2 aliphatic heterocycles. The Kier molecular flexibility index (Phi) is 2.46. The van der Waals surface area contributed by atoms with Gasteiger partial charge in [0, 0.05) is 19.8 Å². The van der Waals surface area contributed by atoms with Crippen LogP contribution in [0.4, 0.5) is 0 Å². The highest BCUT2D eigenvalue weighted by Crippen LogP contribution is 2.29. The topological polar surface area (TPSA) is 63.7 Å². The molecule has 0 spiro atoms. The normalized spacial score (nSPS) is 30.9. The van der Waals surface area contributed by atoms with Crippen LogP contribution in [-0.4, -0.2) is 34.8 Å². The van der Waals surface area contributed by atoms with Crippen molar-refractivity contribution >= 4 is 17.8 Å². The number of amides is 2. The van der Waals surface area contributed by atoms with Crippen LogP contribution in [0.2, 0.25) is 0 Å². The first-order valence-electron chi connectivity index (χ1n) is 5.11. The SMILES string of the molecule is CC(=O)N1C(=O)CC[C@H]1[C@@H]1CCC(=O)O1.